The van der Waals surface area contributed by atoms with Crippen molar-refractivity contribution in [2.75, 3.05) is 11.9 Å². The summed E-state index contributed by atoms with van der Waals surface area (Å²) in [6.45, 7) is 9.77. The van der Waals surface area contributed by atoms with Crippen LogP contribution in [0.3, 0.4) is 0 Å². The van der Waals surface area contributed by atoms with Crippen LogP contribution in [0.5, 0.6) is 0 Å². The maximum atomic E-state index is 6.14. The fourth-order valence-corrected chi connectivity index (χ4v) is 4.71. The lowest BCUT2D eigenvalue weighted by molar-refractivity contribution is 0.332. The molecule has 0 aliphatic heterocycles. The van der Waals surface area contributed by atoms with E-state index in [4.69, 9.17) is 4.43 Å². The van der Waals surface area contributed by atoms with E-state index in [1.54, 1.807) is 0 Å². The van der Waals surface area contributed by atoms with Crippen molar-refractivity contribution in [3.8, 4) is 0 Å². The summed E-state index contributed by atoms with van der Waals surface area (Å²) in [5.41, 5.74) is 1.34. The second-order valence-corrected chi connectivity index (χ2v) is 9.16. The zero-order valence-corrected chi connectivity index (χ0v) is 12.5. The molecule has 1 nitrogen and oxygen atoms in total. The Morgan fingerprint density at radius 2 is 1.71 bits per heavy atom. The SMILES string of the molecule is CC[Si](CC)(CC)OC/C(C)=C/CBr. The summed E-state index contributed by atoms with van der Waals surface area (Å²) >= 11 is 3.40. The van der Waals surface area contributed by atoms with Crippen LogP contribution in [-0.2, 0) is 4.43 Å². The monoisotopic (exact) mass is 278 g/mol. The van der Waals surface area contributed by atoms with Crippen LogP contribution in [-0.4, -0.2) is 20.3 Å². The molecule has 84 valence electrons. The van der Waals surface area contributed by atoms with Gasteiger partial charge >= 0.3 is 0 Å². The Bertz CT molecular complexity index is 168. The summed E-state index contributed by atoms with van der Waals surface area (Å²) in [4.78, 5) is 0. The Morgan fingerprint density at radius 3 is 2.07 bits per heavy atom. The molecule has 0 fully saturated rings. The highest BCUT2D eigenvalue weighted by atomic mass is 79.9. The molecule has 0 rings (SSSR count). The fourth-order valence-electron chi connectivity index (χ4n) is 1.51. The lowest BCUT2D eigenvalue weighted by Gasteiger charge is -2.28. The Morgan fingerprint density at radius 1 is 1.21 bits per heavy atom. The first kappa shape index (κ1) is 14.4. The van der Waals surface area contributed by atoms with Crippen LogP contribution in [0.4, 0.5) is 0 Å². The zero-order valence-electron chi connectivity index (χ0n) is 9.90. The molecule has 0 heterocycles. The molecular weight excluding hydrogens is 256 g/mol. The molecule has 3 heteroatoms. The van der Waals surface area contributed by atoms with E-state index in [0.29, 0.717) is 0 Å². The highest BCUT2D eigenvalue weighted by Gasteiger charge is 2.28. The van der Waals surface area contributed by atoms with Crippen molar-refractivity contribution >= 4 is 24.2 Å². The number of hydrogen-bond acceptors (Lipinski definition) is 1. The topological polar surface area (TPSA) is 9.23 Å². The first-order valence-electron chi connectivity index (χ1n) is 5.49. The van der Waals surface area contributed by atoms with Crippen molar-refractivity contribution in [1.29, 1.82) is 0 Å². The molecule has 0 amide bonds. The highest BCUT2D eigenvalue weighted by molar-refractivity contribution is 9.09. The minimum Gasteiger partial charge on any atom is -0.413 e. The molecule has 0 atom stereocenters. The van der Waals surface area contributed by atoms with Crippen LogP contribution in [0.2, 0.25) is 18.1 Å². The van der Waals surface area contributed by atoms with Gasteiger partial charge in [-0.05, 0) is 25.1 Å². The lowest BCUT2D eigenvalue weighted by atomic mass is 10.3. The highest BCUT2D eigenvalue weighted by Crippen LogP contribution is 2.22. The van der Waals surface area contributed by atoms with E-state index in [1.165, 1.54) is 23.7 Å². The normalized spacial score (nSPS) is 13.4. The molecule has 14 heavy (non-hydrogen) atoms. The van der Waals surface area contributed by atoms with Gasteiger partial charge < -0.3 is 4.43 Å². The van der Waals surface area contributed by atoms with E-state index in [9.17, 15) is 0 Å². The summed E-state index contributed by atoms with van der Waals surface area (Å²) in [5.74, 6) is 0. The number of allylic oxidation sites excluding steroid dienone is 1. The van der Waals surface area contributed by atoms with Crippen molar-refractivity contribution in [3.63, 3.8) is 0 Å². The minimum absolute atomic E-state index is 0.827. The van der Waals surface area contributed by atoms with Gasteiger partial charge in [-0.25, -0.2) is 0 Å². The van der Waals surface area contributed by atoms with Crippen LogP contribution in [0, 0.1) is 0 Å². The summed E-state index contributed by atoms with van der Waals surface area (Å²) in [6.07, 6.45) is 2.18. The average Bonchev–Trinajstić information content (AvgIpc) is 2.21. The van der Waals surface area contributed by atoms with E-state index < -0.39 is 8.32 Å². The van der Waals surface area contributed by atoms with Gasteiger partial charge in [-0.15, -0.1) is 0 Å². The molecule has 0 saturated carbocycles. The predicted octanol–water partition coefficient (Wildman–Crippen LogP) is 4.35. The van der Waals surface area contributed by atoms with Crippen LogP contribution < -0.4 is 0 Å². The number of halogens is 1. The molecule has 0 aromatic heterocycles. The Balaban J connectivity index is 4.12. The van der Waals surface area contributed by atoms with Crippen LogP contribution in [0.25, 0.3) is 0 Å². The number of alkyl halides is 1. The fraction of sp³-hybridized carbons (Fsp3) is 0.818. The second kappa shape index (κ2) is 7.66. The maximum Gasteiger partial charge on any atom is 0.192 e. The van der Waals surface area contributed by atoms with Gasteiger partial charge in [0, 0.05) is 5.33 Å². The van der Waals surface area contributed by atoms with Crippen molar-refractivity contribution in [2.45, 2.75) is 45.8 Å². The van der Waals surface area contributed by atoms with Gasteiger partial charge in [0.2, 0.25) is 0 Å². The Hall–Kier alpha value is 0.397. The quantitative estimate of drug-likeness (QED) is 0.382. The standard InChI is InChI=1S/C11H23BrOSi/c1-5-14(6-2,7-3)13-10-11(4)8-9-12/h8H,5-7,9-10H2,1-4H3/b11-8+. The first-order chi connectivity index (χ1) is 6.64. The zero-order chi connectivity index (χ0) is 11.0. The molecule has 0 radical (unpaired) electrons. The summed E-state index contributed by atoms with van der Waals surface area (Å²) in [7, 11) is -1.37. The minimum atomic E-state index is -1.37. The van der Waals surface area contributed by atoms with E-state index in [-0.39, 0.29) is 0 Å². The largest absolute Gasteiger partial charge is 0.413 e. The van der Waals surface area contributed by atoms with Gasteiger partial charge in [0.1, 0.15) is 0 Å². The molecule has 0 aromatic rings. The maximum absolute atomic E-state index is 6.14. The van der Waals surface area contributed by atoms with E-state index in [0.717, 1.165) is 11.9 Å². The molecule has 0 aromatic carbocycles. The van der Waals surface area contributed by atoms with E-state index >= 15 is 0 Å². The lowest BCUT2D eigenvalue weighted by Crippen LogP contribution is -2.36. The van der Waals surface area contributed by atoms with E-state index in [2.05, 4.69) is 49.7 Å². The van der Waals surface area contributed by atoms with Crippen molar-refractivity contribution in [2.24, 2.45) is 0 Å². The summed E-state index contributed by atoms with van der Waals surface area (Å²) in [5, 5.41) is 0.932. The average molecular weight is 279 g/mol. The first-order valence-corrected chi connectivity index (χ1v) is 9.14. The third-order valence-corrected chi connectivity index (χ3v) is 7.91. The van der Waals surface area contributed by atoms with Crippen LogP contribution in [0.15, 0.2) is 11.6 Å². The molecule has 0 unspecified atom stereocenters. The molecular formula is C11H23BrOSi. The number of rotatable bonds is 7. The molecule has 0 bridgehead atoms. The second-order valence-electron chi connectivity index (χ2n) is 3.74. The molecule has 0 saturated heterocycles. The molecule has 0 aliphatic carbocycles. The van der Waals surface area contributed by atoms with Gasteiger partial charge in [0.05, 0.1) is 6.61 Å². The van der Waals surface area contributed by atoms with Gasteiger partial charge in [-0.3, -0.25) is 0 Å². The van der Waals surface area contributed by atoms with Crippen molar-refractivity contribution in [1.82, 2.24) is 0 Å². The number of hydrogen-bond donors (Lipinski definition) is 0. The molecule has 0 aliphatic rings. The smallest absolute Gasteiger partial charge is 0.192 e. The van der Waals surface area contributed by atoms with Gasteiger partial charge in [-0.1, -0.05) is 48.4 Å². The van der Waals surface area contributed by atoms with Crippen molar-refractivity contribution < 1.29 is 4.43 Å². The molecule has 0 spiro atoms. The van der Waals surface area contributed by atoms with E-state index in [1.807, 2.05) is 0 Å². The Kier molecular flexibility index (Phi) is 7.87. The summed E-state index contributed by atoms with van der Waals surface area (Å²) in [6, 6.07) is 3.71. The van der Waals surface area contributed by atoms with Crippen LogP contribution >= 0.6 is 15.9 Å². The third-order valence-electron chi connectivity index (χ3n) is 2.96. The third kappa shape index (κ3) is 4.76. The summed E-state index contributed by atoms with van der Waals surface area (Å²) < 4.78 is 6.14. The van der Waals surface area contributed by atoms with Gasteiger partial charge in [0.15, 0.2) is 8.32 Å². The van der Waals surface area contributed by atoms with Gasteiger partial charge in [-0.2, -0.15) is 0 Å². The van der Waals surface area contributed by atoms with Crippen molar-refractivity contribution in [3.05, 3.63) is 11.6 Å². The molecule has 0 N–H and O–H groups in total. The van der Waals surface area contributed by atoms with Crippen LogP contribution in [0.1, 0.15) is 27.7 Å². The Labute approximate surface area is 98.2 Å². The van der Waals surface area contributed by atoms with Gasteiger partial charge in [0.25, 0.3) is 0 Å². The predicted molar refractivity (Wildman–Crippen MR) is 70.7 cm³/mol.